The number of hydrogen-bond donors (Lipinski definition) is 0. The van der Waals surface area contributed by atoms with Gasteiger partial charge in [-0.15, -0.1) is 0 Å². The lowest BCUT2D eigenvalue weighted by atomic mass is 9.88. The van der Waals surface area contributed by atoms with Crippen LogP contribution in [-0.4, -0.2) is 23.0 Å². The van der Waals surface area contributed by atoms with Gasteiger partial charge in [0, 0.05) is 25.2 Å². The number of Topliss-reactive ketones (excluding diaryl/α,β-unsaturated/α-hetero) is 1. The molecule has 3 rings (SSSR count). The van der Waals surface area contributed by atoms with Crippen molar-refractivity contribution in [3.05, 3.63) is 41.5 Å². The van der Waals surface area contributed by atoms with E-state index in [4.69, 9.17) is 9.26 Å². The number of rotatable bonds is 4. The number of benzene rings is 1. The molecule has 5 nitrogen and oxygen atoms in total. The van der Waals surface area contributed by atoms with Crippen molar-refractivity contribution in [3.8, 4) is 5.75 Å². The Morgan fingerprint density at radius 3 is 2.62 bits per heavy atom. The number of methoxy groups -OCH3 is 1. The number of carbonyl (C=O) groups excluding carboxylic acids is 1. The Morgan fingerprint density at radius 2 is 1.95 bits per heavy atom. The summed E-state index contributed by atoms with van der Waals surface area (Å²) in [7, 11) is 1.65. The molecule has 0 atom stereocenters. The standard InChI is InChI=1S/C16H18N2O3/c1-20-14-8-2-11(3-9-14)10-15-17-16(21-18-15)12-4-6-13(19)7-5-12/h2-3,8-9,12H,4-7,10H2,1H3. The smallest absolute Gasteiger partial charge is 0.229 e. The normalized spacial score (nSPS) is 16.1. The molecule has 1 aromatic heterocycles. The van der Waals surface area contributed by atoms with Gasteiger partial charge in [0.15, 0.2) is 5.82 Å². The van der Waals surface area contributed by atoms with Crippen molar-refractivity contribution in [3.63, 3.8) is 0 Å². The van der Waals surface area contributed by atoms with Crippen LogP contribution in [0.5, 0.6) is 5.75 Å². The molecule has 0 saturated heterocycles. The molecule has 0 unspecified atom stereocenters. The zero-order chi connectivity index (χ0) is 14.7. The van der Waals surface area contributed by atoms with Crippen LogP contribution < -0.4 is 4.74 Å². The summed E-state index contributed by atoms with van der Waals surface area (Å²) in [6, 6.07) is 7.83. The van der Waals surface area contributed by atoms with Gasteiger partial charge in [-0.2, -0.15) is 4.98 Å². The molecular weight excluding hydrogens is 268 g/mol. The van der Waals surface area contributed by atoms with E-state index in [1.807, 2.05) is 24.3 Å². The molecule has 5 heteroatoms. The van der Waals surface area contributed by atoms with Crippen LogP contribution in [0.2, 0.25) is 0 Å². The molecule has 1 aliphatic rings. The number of carbonyl (C=O) groups is 1. The third-order valence-electron chi connectivity index (χ3n) is 3.90. The largest absolute Gasteiger partial charge is 0.497 e. The summed E-state index contributed by atoms with van der Waals surface area (Å²) < 4.78 is 10.5. The summed E-state index contributed by atoms with van der Waals surface area (Å²) >= 11 is 0. The Kier molecular flexibility index (Phi) is 3.99. The fourth-order valence-corrected chi connectivity index (χ4v) is 2.62. The van der Waals surface area contributed by atoms with E-state index < -0.39 is 0 Å². The minimum Gasteiger partial charge on any atom is -0.497 e. The van der Waals surface area contributed by atoms with Crippen molar-refractivity contribution in [1.82, 2.24) is 10.1 Å². The summed E-state index contributed by atoms with van der Waals surface area (Å²) in [4.78, 5) is 15.7. The molecule has 1 heterocycles. The average Bonchev–Trinajstić information content (AvgIpc) is 2.97. The third kappa shape index (κ3) is 3.29. The Hall–Kier alpha value is -2.17. The molecule has 0 spiro atoms. The second-order valence-electron chi connectivity index (χ2n) is 5.39. The molecule has 2 aromatic rings. The van der Waals surface area contributed by atoms with Gasteiger partial charge in [-0.3, -0.25) is 4.79 Å². The molecule has 1 aromatic carbocycles. The molecule has 0 bridgehead atoms. The highest BCUT2D eigenvalue weighted by molar-refractivity contribution is 5.79. The van der Waals surface area contributed by atoms with Crippen molar-refractivity contribution in [2.24, 2.45) is 0 Å². The van der Waals surface area contributed by atoms with Gasteiger partial charge >= 0.3 is 0 Å². The van der Waals surface area contributed by atoms with Gasteiger partial charge in [0.2, 0.25) is 5.89 Å². The van der Waals surface area contributed by atoms with E-state index in [0.717, 1.165) is 24.2 Å². The fourth-order valence-electron chi connectivity index (χ4n) is 2.62. The summed E-state index contributed by atoms with van der Waals surface area (Å²) in [6.07, 6.45) is 3.53. The maximum atomic E-state index is 11.3. The topological polar surface area (TPSA) is 65.2 Å². The Morgan fingerprint density at radius 1 is 1.24 bits per heavy atom. The highest BCUT2D eigenvalue weighted by Crippen LogP contribution is 2.30. The zero-order valence-corrected chi connectivity index (χ0v) is 12.0. The van der Waals surface area contributed by atoms with Gasteiger partial charge in [-0.05, 0) is 30.5 Å². The van der Waals surface area contributed by atoms with E-state index in [-0.39, 0.29) is 5.92 Å². The predicted molar refractivity (Wildman–Crippen MR) is 76.3 cm³/mol. The van der Waals surface area contributed by atoms with Gasteiger partial charge in [-0.1, -0.05) is 17.3 Å². The molecule has 1 aliphatic carbocycles. The van der Waals surface area contributed by atoms with Crippen LogP contribution in [0, 0.1) is 0 Å². The molecular formula is C16H18N2O3. The van der Waals surface area contributed by atoms with Crippen LogP contribution in [-0.2, 0) is 11.2 Å². The van der Waals surface area contributed by atoms with Crippen LogP contribution in [0.15, 0.2) is 28.8 Å². The molecule has 0 N–H and O–H groups in total. The molecule has 0 aliphatic heterocycles. The Labute approximate surface area is 123 Å². The van der Waals surface area contributed by atoms with Crippen molar-refractivity contribution in [1.29, 1.82) is 0 Å². The highest BCUT2D eigenvalue weighted by atomic mass is 16.5. The zero-order valence-electron chi connectivity index (χ0n) is 12.0. The first-order chi connectivity index (χ1) is 10.2. The van der Waals surface area contributed by atoms with Crippen molar-refractivity contribution < 1.29 is 14.1 Å². The maximum Gasteiger partial charge on any atom is 0.229 e. The number of nitrogens with zero attached hydrogens (tertiary/aromatic N) is 2. The summed E-state index contributed by atoms with van der Waals surface area (Å²) in [5.74, 6) is 2.77. The molecule has 110 valence electrons. The first-order valence-corrected chi connectivity index (χ1v) is 7.21. The average molecular weight is 286 g/mol. The predicted octanol–water partition coefficient (Wildman–Crippen LogP) is 2.90. The van der Waals surface area contributed by atoms with Crippen molar-refractivity contribution in [2.45, 2.75) is 38.0 Å². The van der Waals surface area contributed by atoms with Crippen molar-refractivity contribution in [2.75, 3.05) is 7.11 Å². The van der Waals surface area contributed by atoms with E-state index >= 15 is 0 Å². The number of aromatic nitrogens is 2. The van der Waals surface area contributed by atoms with E-state index in [1.165, 1.54) is 0 Å². The molecule has 21 heavy (non-hydrogen) atoms. The van der Waals surface area contributed by atoms with E-state index in [2.05, 4.69) is 10.1 Å². The van der Waals surface area contributed by atoms with Gasteiger partial charge < -0.3 is 9.26 Å². The number of hydrogen-bond acceptors (Lipinski definition) is 5. The minimum absolute atomic E-state index is 0.236. The third-order valence-corrected chi connectivity index (χ3v) is 3.90. The molecule has 1 fully saturated rings. The Bertz CT molecular complexity index is 609. The van der Waals surface area contributed by atoms with Gasteiger partial charge in [0.05, 0.1) is 7.11 Å². The van der Waals surface area contributed by atoms with Crippen LogP contribution >= 0.6 is 0 Å². The second-order valence-corrected chi connectivity index (χ2v) is 5.39. The summed E-state index contributed by atoms with van der Waals surface area (Å²) in [5.41, 5.74) is 1.11. The fraction of sp³-hybridized carbons (Fsp3) is 0.438. The van der Waals surface area contributed by atoms with Crippen molar-refractivity contribution >= 4 is 5.78 Å². The lowest BCUT2D eigenvalue weighted by Crippen LogP contribution is -2.12. The quantitative estimate of drug-likeness (QED) is 0.864. The maximum absolute atomic E-state index is 11.3. The van der Waals surface area contributed by atoms with Gasteiger partial charge in [0.1, 0.15) is 11.5 Å². The lowest BCUT2D eigenvalue weighted by molar-refractivity contribution is -0.120. The SMILES string of the molecule is COc1ccc(Cc2noc(C3CCC(=O)CC3)n2)cc1. The summed E-state index contributed by atoms with van der Waals surface area (Å²) in [5, 5.41) is 4.05. The van der Waals surface area contributed by atoms with Gasteiger partial charge in [-0.25, -0.2) is 0 Å². The molecule has 1 saturated carbocycles. The number of ketones is 1. The number of ether oxygens (including phenoxy) is 1. The summed E-state index contributed by atoms with van der Waals surface area (Å²) in [6.45, 7) is 0. The van der Waals surface area contributed by atoms with Crippen LogP contribution in [0.25, 0.3) is 0 Å². The molecule has 0 amide bonds. The lowest BCUT2D eigenvalue weighted by Gasteiger charge is -2.16. The van der Waals surface area contributed by atoms with Crippen LogP contribution in [0.3, 0.4) is 0 Å². The molecule has 0 radical (unpaired) electrons. The van der Waals surface area contributed by atoms with Crippen LogP contribution in [0.1, 0.15) is 48.9 Å². The minimum atomic E-state index is 0.236. The first-order valence-electron chi connectivity index (χ1n) is 7.21. The second kappa shape index (κ2) is 6.08. The monoisotopic (exact) mass is 286 g/mol. The van der Waals surface area contributed by atoms with E-state index in [1.54, 1.807) is 7.11 Å². The van der Waals surface area contributed by atoms with Crippen LogP contribution in [0.4, 0.5) is 0 Å². The van der Waals surface area contributed by atoms with Gasteiger partial charge in [0.25, 0.3) is 0 Å². The Balaban J connectivity index is 1.65. The first kappa shape index (κ1) is 13.8. The highest BCUT2D eigenvalue weighted by Gasteiger charge is 2.24. The van der Waals surface area contributed by atoms with E-state index in [9.17, 15) is 4.79 Å². The van der Waals surface area contributed by atoms with E-state index in [0.29, 0.717) is 36.8 Å².